The van der Waals surface area contributed by atoms with E-state index in [4.69, 9.17) is 21.1 Å². The average Bonchev–Trinajstić information content (AvgIpc) is 3.08. The van der Waals surface area contributed by atoms with Crippen molar-refractivity contribution in [2.75, 3.05) is 44.3 Å². The minimum absolute atomic E-state index is 0.108. The Morgan fingerprint density at radius 2 is 1.74 bits per heavy atom. The summed E-state index contributed by atoms with van der Waals surface area (Å²) in [5.74, 6) is 0.501. The van der Waals surface area contributed by atoms with E-state index in [1.165, 1.54) is 5.56 Å². The van der Waals surface area contributed by atoms with Crippen LogP contribution in [0, 0.1) is 23.7 Å². The third kappa shape index (κ3) is 7.75. The van der Waals surface area contributed by atoms with Crippen molar-refractivity contribution < 1.29 is 27.5 Å². The molecule has 6 rings (SSSR count). The van der Waals surface area contributed by atoms with Crippen LogP contribution in [-0.4, -0.2) is 69.8 Å². The molecule has 5 atom stereocenters. The minimum Gasteiger partial charge on any atom is -0.487 e. The van der Waals surface area contributed by atoms with Crippen LogP contribution in [0.5, 0.6) is 5.75 Å². The highest BCUT2D eigenvalue weighted by molar-refractivity contribution is 7.90. The lowest BCUT2D eigenvalue weighted by Crippen LogP contribution is -2.50. The van der Waals surface area contributed by atoms with Gasteiger partial charge >= 0.3 is 0 Å². The Balaban J connectivity index is 1.37. The molecule has 4 unspecified atom stereocenters. The quantitative estimate of drug-likeness (QED) is 0.403. The number of benzene rings is 2. The van der Waals surface area contributed by atoms with Crippen molar-refractivity contribution in [2.45, 2.75) is 77.1 Å². The first-order valence-corrected chi connectivity index (χ1v) is 19.2. The molecule has 3 aliphatic heterocycles. The zero-order valence-corrected chi connectivity index (χ0v) is 29.2. The Labute approximate surface area is 284 Å². The number of nitrogens with one attached hydrogen (secondary N) is 1. The lowest BCUT2D eigenvalue weighted by Gasteiger charge is -2.46. The van der Waals surface area contributed by atoms with Crippen molar-refractivity contribution in [3.05, 3.63) is 58.1 Å². The second-order valence-corrected chi connectivity index (χ2v) is 16.4. The van der Waals surface area contributed by atoms with Crippen molar-refractivity contribution in [3.63, 3.8) is 0 Å². The summed E-state index contributed by atoms with van der Waals surface area (Å²) < 4.78 is 41.2. The summed E-state index contributed by atoms with van der Waals surface area (Å²) in [6.07, 6.45) is 6.94. The predicted molar refractivity (Wildman–Crippen MR) is 183 cm³/mol. The van der Waals surface area contributed by atoms with Crippen molar-refractivity contribution in [3.8, 4) is 5.75 Å². The molecule has 256 valence electrons. The molecule has 0 radical (unpaired) electrons. The first-order chi connectivity index (χ1) is 22.6. The molecule has 2 bridgehead atoms. The van der Waals surface area contributed by atoms with Crippen molar-refractivity contribution in [1.82, 2.24) is 9.62 Å². The third-order valence-electron chi connectivity index (χ3n) is 11.0. The maximum atomic E-state index is 14.1. The van der Waals surface area contributed by atoms with Crippen LogP contribution in [0.1, 0.15) is 80.3 Å². The number of carbonyl (C=O) groups is 2. The first-order valence-electron chi connectivity index (χ1n) is 17.3. The molecule has 1 N–H and O–H groups in total. The van der Waals surface area contributed by atoms with Crippen LogP contribution in [-0.2, 0) is 32.6 Å². The molecule has 9 nitrogen and oxygen atoms in total. The minimum atomic E-state index is -3.94. The molecule has 2 amide bonds. The van der Waals surface area contributed by atoms with E-state index in [9.17, 15) is 18.0 Å². The van der Waals surface area contributed by atoms with Gasteiger partial charge in [-0.2, -0.15) is 0 Å². The van der Waals surface area contributed by atoms with Crippen LogP contribution in [0.2, 0.25) is 5.02 Å². The van der Waals surface area contributed by atoms with Crippen molar-refractivity contribution >= 4 is 39.1 Å². The lowest BCUT2D eigenvalue weighted by molar-refractivity contribution is -0.144. The van der Waals surface area contributed by atoms with Gasteiger partial charge in [0.2, 0.25) is 15.9 Å². The van der Waals surface area contributed by atoms with E-state index in [-0.39, 0.29) is 29.2 Å². The van der Waals surface area contributed by atoms with Crippen molar-refractivity contribution in [1.29, 1.82) is 0 Å². The molecule has 0 spiro atoms. The zero-order chi connectivity index (χ0) is 33.1. The molecular formula is C36H48ClN3O6S. The standard InChI is InChI=1S/C36H48ClN3O6S/c1-24-6-5-8-32(36(42)39-16-18-45-19-17-39)31-13-10-28(31)22-40-15-4-3-7-26-20-30(37)12-9-29(26)23-46-34-14-11-27(21-33(34)40)35(41)38-47(43,44)25(24)2/h9,11-12,14,20-21,24-25,28,31-32H,3-8,10,13,15-19,22-23H2,1-2H3,(H,38,41)/t24?,25?,28?,31?,32-/m1/s1. The molecular weight excluding hydrogens is 638 g/mol. The Morgan fingerprint density at radius 3 is 2.51 bits per heavy atom. The van der Waals surface area contributed by atoms with Gasteiger partial charge in [-0.15, -0.1) is 0 Å². The molecule has 0 aromatic heterocycles. The maximum absolute atomic E-state index is 14.1. The van der Waals surface area contributed by atoms with E-state index in [1.807, 2.05) is 30.0 Å². The fraction of sp³-hybridized carbons (Fsp3) is 0.611. The molecule has 47 heavy (non-hydrogen) atoms. The Kier molecular flexibility index (Phi) is 10.7. The summed E-state index contributed by atoms with van der Waals surface area (Å²) in [5.41, 5.74) is 3.30. The Morgan fingerprint density at radius 1 is 0.936 bits per heavy atom. The van der Waals surface area contributed by atoms with Gasteiger partial charge in [0, 0.05) is 42.7 Å². The smallest absolute Gasteiger partial charge is 0.264 e. The summed E-state index contributed by atoms with van der Waals surface area (Å²) in [4.78, 5) is 31.8. The molecule has 3 heterocycles. The molecule has 1 aliphatic carbocycles. The number of amides is 2. The largest absolute Gasteiger partial charge is 0.487 e. The molecule has 1 saturated heterocycles. The monoisotopic (exact) mass is 685 g/mol. The number of ether oxygens (including phenoxy) is 2. The Hall–Kier alpha value is -2.82. The molecule has 2 fully saturated rings. The van der Waals surface area contributed by atoms with Gasteiger partial charge < -0.3 is 19.3 Å². The molecule has 2 aromatic rings. The Bertz CT molecular complexity index is 1560. The second-order valence-electron chi connectivity index (χ2n) is 13.9. The lowest BCUT2D eigenvalue weighted by atomic mass is 9.65. The highest BCUT2D eigenvalue weighted by Gasteiger charge is 2.43. The van der Waals surface area contributed by atoms with E-state index >= 15 is 0 Å². The number of hydrogen-bond donors (Lipinski definition) is 1. The van der Waals surface area contributed by atoms with Gasteiger partial charge in [-0.25, -0.2) is 13.1 Å². The van der Waals surface area contributed by atoms with Gasteiger partial charge in [-0.3, -0.25) is 9.59 Å². The van der Waals surface area contributed by atoms with Crippen LogP contribution >= 0.6 is 11.6 Å². The van der Waals surface area contributed by atoms with Crippen LogP contribution in [0.3, 0.4) is 0 Å². The number of halogens is 1. The maximum Gasteiger partial charge on any atom is 0.264 e. The van der Waals surface area contributed by atoms with Crippen LogP contribution in [0.25, 0.3) is 0 Å². The van der Waals surface area contributed by atoms with Crippen LogP contribution < -0.4 is 14.4 Å². The number of fused-ring (bicyclic) bond motifs is 3. The van der Waals surface area contributed by atoms with E-state index in [0.29, 0.717) is 56.0 Å². The fourth-order valence-corrected chi connectivity index (χ4v) is 9.24. The molecule has 2 aromatic carbocycles. The van der Waals surface area contributed by atoms with Crippen molar-refractivity contribution in [2.24, 2.45) is 23.7 Å². The van der Waals surface area contributed by atoms with E-state index in [0.717, 1.165) is 69.3 Å². The first kappa shape index (κ1) is 34.1. The fourth-order valence-electron chi connectivity index (χ4n) is 7.73. The van der Waals surface area contributed by atoms with Crippen LogP contribution in [0.15, 0.2) is 36.4 Å². The topological polar surface area (TPSA) is 105 Å². The summed E-state index contributed by atoms with van der Waals surface area (Å²) in [6, 6.07) is 11.1. The number of nitrogens with zero attached hydrogens (tertiary/aromatic N) is 2. The van der Waals surface area contributed by atoms with Gasteiger partial charge in [-0.1, -0.05) is 31.0 Å². The summed E-state index contributed by atoms with van der Waals surface area (Å²) in [5, 5.41) is -0.0610. The normalized spacial score (nSPS) is 28.7. The highest BCUT2D eigenvalue weighted by atomic mass is 35.5. The zero-order valence-electron chi connectivity index (χ0n) is 27.6. The average molecular weight is 686 g/mol. The van der Waals surface area contributed by atoms with E-state index in [1.54, 1.807) is 25.1 Å². The summed E-state index contributed by atoms with van der Waals surface area (Å²) >= 11 is 6.35. The number of sulfonamides is 1. The predicted octanol–water partition coefficient (Wildman–Crippen LogP) is 5.83. The highest BCUT2D eigenvalue weighted by Crippen LogP contribution is 2.45. The van der Waals surface area contributed by atoms with Crippen LogP contribution in [0.4, 0.5) is 5.69 Å². The van der Waals surface area contributed by atoms with E-state index in [2.05, 4.69) is 9.62 Å². The van der Waals surface area contributed by atoms with E-state index < -0.39 is 21.2 Å². The number of carbonyl (C=O) groups excluding carboxylic acids is 2. The molecule has 1 saturated carbocycles. The van der Waals surface area contributed by atoms with Gasteiger partial charge in [0.1, 0.15) is 12.4 Å². The molecule has 11 heteroatoms. The van der Waals surface area contributed by atoms with Gasteiger partial charge in [-0.05, 0) is 111 Å². The van der Waals surface area contributed by atoms with Gasteiger partial charge in [0.05, 0.1) is 24.2 Å². The number of hydrogen-bond acceptors (Lipinski definition) is 7. The number of anilines is 1. The third-order valence-corrected chi connectivity index (χ3v) is 13.2. The number of morpholine rings is 1. The molecule has 4 aliphatic rings. The number of rotatable bonds is 1. The summed E-state index contributed by atoms with van der Waals surface area (Å²) in [6.45, 7) is 7.78. The SMILES string of the molecule is CC1CCC[C@@H](C(=O)N2CCOCC2)C2CCC2CN2CCCCc3cc(Cl)ccc3COc3ccc(cc32)C(=O)NS(=O)(=O)C1C. The number of aryl methyl sites for hydroxylation is 1. The second kappa shape index (κ2) is 14.7. The van der Waals surface area contributed by atoms with Gasteiger partial charge in [0.25, 0.3) is 5.91 Å². The summed E-state index contributed by atoms with van der Waals surface area (Å²) in [7, 11) is -3.94. The van der Waals surface area contributed by atoms with Gasteiger partial charge in [0.15, 0.2) is 0 Å².